The number of nitrogens with one attached hydrogen (secondary N) is 1. The lowest BCUT2D eigenvalue weighted by Gasteiger charge is -2.18. The topological polar surface area (TPSA) is 12.0 Å². The molecular formula is C13H12Br2INS. The van der Waals surface area contributed by atoms with E-state index >= 15 is 0 Å². The van der Waals surface area contributed by atoms with E-state index in [0.29, 0.717) is 0 Å². The van der Waals surface area contributed by atoms with E-state index in [2.05, 4.69) is 91.0 Å². The largest absolute Gasteiger partial charge is 0.309 e. The lowest BCUT2D eigenvalue weighted by molar-refractivity contribution is 0.687. The molecule has 0 aliphatic carbocycles. The maximum atomic E-state index is 3.65. The molecule has 0 saturated heterocycles. The van der Waals surface area contributed by atoms with Crippen molar-refractivity contribution in [2.45, 2.75) is 13.0 Å². The minimum absolute atomic E-state index is 0.219. The van der Waals surface area contributed by atoms with Crippen LogP contribution in [0, 0.1) is 10.5 Å². The first kappa shape index (κ1) is 15.0. The van der Waals surface area contributed by atoms with Gasteiger partial charge >= 0.3 is 0 Å². The van der Waals surface area contributed by atoms with Gasteiger partial charge in [0.1, 0.15) is 0 Å². The highest BCUT2D eigenvalue weighted by Crippen LogP contribution is 2.36. The first-order valence-corrected chi connectivity index (χ1v) is 8.89. The van der Waals surface area contributed by atoms with Gasteiger partial charge in [0.25, 0.3) is 0 Å². The second kappa shape index (κ2) is 6.35. The predicted molar refractivity (Wildman–Crippen MR) is 94.5 cm³/mol. The molecule has 1 aromatic carbocycles. The molecule has 18 heavy (non-hydrogen) atoms. The summed E-state index contributed by atoms with van der Waals surface area (Å²) in [6.45, 7) is 2.16. The molecule has 2 rings (SSSR count). The molecule has 0 spiro atoms. The Morgan fingerprint density at radius 1 is 1.22 bits per heavy atom. The van der Waals surface area contributed by atoms with Gasteiger partial charge in [0.2, 0.25) is 0 Å². The highest BCUT2D eigenvalue weighted by Gasteiger charge is 2.19. The molecule has 1 heterocycles. The van der Waals surface area contributed by atoms with Crippen LogP contribution in [0.5, 0.6) is 0 Å². The third-order valence-electron chi connectivity index (χ3n) is 2.79. The zero-order valence-corrected chi connectivity index (χ0v) is 16.1. The third-order valence-corrected chi connectivity index (χ3v) is 5.76. The van der Waals surface area contributed by atoms with Gasteiger partial charge < -0.3 is 5.32 Å². The van der Waals surface area contributed by atoms with Crippen molar-refractivity contribution in [3.05, 3.63) is 52.1 Å². The van der Waals surface area contributed by atoms with E-state index in [1.165, 1.54) is 23.4 Å². The summed E-state index contributed by atoms with van der Waals surface area (Å²) in [5.74, 6) is 0. The van der Waals surface area contributed by atoms with Crippen molar-refractivity contribution in [3.63, 3.8) is 0 Å². The molecular weight excluding hydrogens is 489 g/mol. The van der Waals surface area contributed by atoms with Gasteiger partial charge in [-0.25, -0.2) is 0 Å². The molecule has 0 amide bonds. The molecule has 0 saturated carbocycles. The lowest BCUT2D eigenvalue weighted by Crippen LogP contribution is -2.18. The minimum atomic E-state index is 0.219. The molecule has 1 unspecified atom stereocenters. The summed E-state index contributed by atoms with van der Waals surface area (Å²) in [4.78, 5) is 1.34. The predicted octanol–water partition coefficient (Wildman–Crippen LogP) is 5.49. The summed E-state index contributed by atoms with van der Waals surface area (Å²) in [5, 5.41) is 3.41. The molecule has 0 bridgehead atoms. The maximum absolute atomic E-state index is 3.65. The maximum Gasteiger partial charge on any atom is 0.0704 e. The van der Waals surface area contributed by atoms with Crippen molar-refractivity contribution < 1.29 is 0 Å². The van der Waals surface area contributed by atoms with E-state index < -0.39 is 0 Å². The van der Waals surface area contributed by atoms with Gasteiger partial charge in [-0.15, -0.1) is 11.3 Å². The monoisotopic (exact) mass is 499 g/mol. The summed E-state index contributed by atoms with van der Waals surface area (Å²) in [6, 6.07) is 8.86. The normalized spacial score (nSPS) is 12.7. The Morgan fingerprint density at radius 2 is 1.94 bits per heavy atom. The van der Waals surface area contributed by atoms with Crippen LogP contribution in [-0.4, -0.2) is 7.05 Å². The fourth-order valence-electron chi connectivity index (χ4n) is 1.96. The van der Waals surface area contributed by atoms with Gasteiger partial charge in [0.05, 0.1) is 9.83 Å². The number of aryl methyl sites for hydroxylation is 1. The summed E-state index contributed by atoms with van der Waals surface area (Å²) in [7, 11) is 2.00. The van der Waals surface area contributed by atoms with Crippen LogP contribution in [0.2, 0.25) is 0 Å². The Balaban J connectivity index is 2.51. The molecule has 1 aromatic heterocycles. The van der Waals surface area contributed by atoms with Gasteiger partial charge in [-0.2, -0.15) is 0 Å². The highest BCUT2D eigenvalue weighted by molar-refractivity contribution is 14.1. The van der Waals surface area contributed by atoms with Gasteiger partial charge in [-0.3, -0.25) is 0 Å². The number of rotatable bonds is 3. The number of benzene rings is 1. The summed E-state index contributed by atoms with van der Waals surface area (Å²) >= 11 is 11.3. The molecule has 96 valence electrons. The molecule has 1 N–H and O–H groups in total. The minimum Gasteiger partial charge on any atom is -0.309 e. The molecule has 0 aliphatic rings. The van der Waals surface area contributed by atoms with E-state index in [1.807, 2.05) is 7.05 Å². The Labute approximate surface area is 142 Å². The fourth-order valence-corrected chi connectivity index (χ4v) is 4.70. The lowest BCUT2D eigenvalue weighted by atomic mass is 10.00. The van der Waals surface area contributed by atoms with E-state index in [-0.39, 0.29) is 6.04 Å². The molecule has 1 atom stereocenters. The Morgan fingerprint density at radius 3 is 2.50 bits per heavy atom. The van der Waals surface area contributed by atoms with Crippen LogP contribution < -0.4 is 5.32 Å². The van der Waals surface area contributed by atoms with Crippen molar-refractivity contribution in [2.24, 2.45) is 0 Å². The van der Waals surface area contributed by atoms with Crippen LogP contribution in [0.4, 0.5) is 0 Å². The summed E-state index contributed by atoms with van der Waals surface area (Å²) < 4.78 is 3.57. The third kappa shape index (κ3) is 3.17. The van der Waals surface area contributed by atoms with Gasteiger partial charge in [0.15, 0.2) is 0 Å². The molecule has 0 fully saturated rings. The Hall–Kier alpha value is 0.570. The van der Waals surface area contributed by atoms with Crippen LogP contribution >= 0.6 is 65.8 Å². The Kier molecular flexibility index (Phi) is 5.28. The smallest absolute Gasteiger partial charge is 0.0704 e. The van der Waals surface area contributed by atoms with Gasteiger partial charge in [-0.05, 0) is 87.9 Å². The Bertz CT molecular complexity index is 568. The van der Waals surface area contributed by atoms with Gasteiger partial charge in [-0.1, -0.05) is 15.9 Å². The van der Waals surface area contributed by atoms with Crippen LogP contribution in [0.25, 0.3) is 0 Å². The first-order chi connectivity index (χ1) is 8.52. The number of thiophene rings is 1. The van der Waals surface area contributed by atoms with Crippen molar-refractivity contribution in [1.82, 2.24) is 5.32 Å². The number of halogens is 3. The van der Waals surface area contributed by atoms with E-state index in [4.69, 9.17) is 0 Å². The summed E-state index contributed by atoms with van der Waals surface area (Å²) in [5.41, 5.74) is 2.61. The van der Waals surface area contributed by atoms with Crippen LogP contribution in [-0.2, 0) is 0 Å². The van der Waals surface area contributed by atoms with Crippen LogP contribution in [0.1, 0.15) is 22.0 Å². The molecule has 0 aliphatic heterocycles. The fraction of sp³-hybridized carbons (Fsp3) is 0.231. The SMILES string of the molecule is CNC(c1cc(I)ccc1Br)c1cc(Br)sc1C. The molecule has 0 radical (unpaired) electrons. The quantitative estimate of drug-likeness (QED) is 0.549. The molecule has 5 heteroatoms. The molecule has 1 nitrogen and oxygen atoms in total. The average molecular weight is 501 g/mol. The number of hydrogen-bond acceptors (Lipinski definition) is 2. The van der Waals surface area contributed by atoms with Crippen molar-refractivity contribution in [2.75, 3.05) is 7.05 Å². The van der Waals surface area contributed by atoms with E-state index in [0.717, 1.165) is 4.47 Å². The van der Waals surface area contributed by atoms with Crippen LogP contribution in [0.15, 0.2) is 32.5 Å². The second-order valence-electron chi connectivity index (χ2n) is 3.95. The average Bonchev–Trinajstić information content (AvgIpc) is 2.64. The zero-order valence-electron chi connectivity index (χ0n) is 9.93. The van der Waals surface area contributed by atoms with Crippen LogP contribution in [0.3, 0.4) is 0 Å². The number of hydrogen-bond donors (Lipinski definition) is 1. The first-order valence-electron chi connectivity index (χ1n) is 5.41. The van der Waals surface area contributed by atoms with Crippen molar-refractivity contribution in [3.8, 4) is 0 Å². The van der Waals surface area contributed by atoms with Crippen molar-refractivity contribution in [1.29, 1.82) is 0 Å². The standard InChI is InChI=1S/C13H12Br2INS/c1-7-9(6-12(15)18-7)13(17-2)10-5-8(16)3-4-11(10)14/h3-6,13,17H,1-2H3. The van der Waals surface area contributed by atoms with Gasteiger partial charge in [0, 0.05) is 12.9 Å². The van der Waals surface area contributed by atoms with E-state index in [1.54, 1.807) is 11.3 Å². The molecule has 2 aromatic rings. The summed E-state index contributed by atoms with van der Waals surface area (Å²) in [6.07, 6.45) is 0. The highest BCUT2D eigenvalue weighted by atomic mass is 127. The second-order valence-corrected chi connectivity index (χ2v) is 8.69. The zero-order chi connectivity index (χ0) is 13.3. The van der Waals surface area contributed by atoms with Crippen molar-refractivity contribution >= 4 is 65.8 Å². The van der Waals surface area contributed by atoms with E-state index in [9.17, 15) is 0 Å².